The Morgan fingerprint density at radius 3 is 2.58 bits per heavy atom. The van der Waals surface area contributed by atoms with E-state index in [2.05, 4.69) is 14.5 Å². The summed E-state index contributed by atoms with van der Waals surface area (Å²) in [6, 6.07) is 3.47. The number of nitrogens with zero attached hydrogens (tertiary/aromatic N) is 3. The average Bonchev–Trinajstić information content (AvgIpc) is 3.41. The lowest BCUT2D eigenvalue weighted by atomic mass is 10.0. The molecule has 0 spiro atoms. The molecule has 1 aromatic heterocycles. The van der Waals surface area contributed by atoms with E-state index in [1.807, 2.05) is 4.57 Å². The molecule has 1 aromatic carbocycles. The molecule has 7 nitrogen and oxygen atoms in total. The second-order valence-electron chi connectivity index (χ2n) is 7.26. The van der Waals surface area contributed by atoms with Gasteiger partial charge in [0.2, 0.25) is 5.43 Å². The van der Waals surface area contributed by atoms with Crippen LogP contribution in [0.25, 0.3) is 10.9 Å². The molecular weight excluding hydrogens is 341 g/mol. The summed E-state index contributed by atoms with van der Waals surface area (Å²) in [6.07, 6.45) is 1.78. The van der Waals surface area contributed by atoms with E-state index in [9.17, 15) is 14.0 Å². The van der Waals surface area contributed by atoms with Gasteiger partial charge in [-0.2, -0.15) is 0 Å². The summed E-state index contributed by atoms with van der Waals surface area (Å²) in [5, 5.41) is 9.01. The van der Waals surface area contributed by atoms with Crippen LogP contribution >= 0.6 is 0 Å². The molecule has 2 aromatic rings. The van der Waals surface area contributed by atoms with Crippen LogP contribution in [0.5, 0.6) is 5.75 Å². The molecule has 4 aliphatic rings. The molecule has 8 heteroatoms. The number of fused-ring (bicyclic) bond motifs is 3. The van der Waals surface area contributed by atoms with Crippen LogP contribution in [-0.4, -0.2) is 52.9 Å². The van der Waals surface area contributed by atoms with Crippen molar-refractivity contribution in [2.45, 2.75) is 24.9 Å². The number of pyridine rings is 1. The molecule has 4 heterocycles. The summed E-state index contributed by atoms with van der Waals surface area (Å²) >= 11 is 0. The van der Waals surface area contributed by atoms with Crippen LogP contribution in [0.4, 0.5) is 14.9 Å². The van der Waals surface area contributed by atoms with Crippen molar-refractivity contribution < 1.29 is 19.0 Å². The van der Waals surface area contributed by atoms with Crippen LogP contribution in [0.2, 0.25) is 0 Å². The Bertz CT molecular complexity index is 976. The van der Waals surface area contributed by atoms with Gasteiger partial charge in [-0.25, -0.2) is 9.18 Å². The normalized spacial score (nSPS) is 24.4. The largest absolute Gasteiger partial charge is 0.511 e. The summed E-state index contributed by atoms with van der Waals surface area (Å²) in [5.74, 6) is -0.735. The number of benzene rings is 1. The predicted octanol–water partition coefficient (Wildman–Crippen LogP) is 2.04. The molecule has 3 saturated heterocycles. The van der Waals surface area contributed by atoms with Crippen LogP contribution in [-0.2, 0) is 0 Å². The maximum absolute atomic E-state index is 14.9. The lowest BCUT2D eigenvalue weighted by Gasteiger charge is -2.52. The highest BCUT2D eigenvalue weighted by atomic mass is 19.1. The van der Waals surface area contributed by atoms with Crippen molar-refractivity contribution in [2.75, 3.05) is 31.1 Å². The molecule has 0 unspecified atom stereocenters. The molecule has 0 radical (unpaired) electrons. The highest BCUT2D eigenvalue weighted by molar-refractivity contribution is 5.85. The fraction of sp³-hybridized carbons (Fsp3) is 0.444. The summed E-state index contributed by atoms with van der Waals surface area (Å²) in [5.41, 5.74) is 0.550. The second-order valence-corrected chi connectivity index (χ2v) is 7.26. The van der Waals surface area contributed by atoms with Crippen LogP contribution in [0.15, 0.2) is 23.1 Å². The van der Waals surface area contributed by atoms with Crippen molar-refractivity contribution in [1.29, 1.82) is 0 Å². The van der Waals surface area contributed by atoms with Crippen molar-refractivity contribution in [3.8, 4) is 5.75 Å². The van der Waals surface area contributed by atoms with E-state index in [1.165, 1.54) is 12.3 Å². The molecule has 1 aliphatic carbocycles. The Balaban J connectivity index is 1.68. The number of hydrogen-bond acceptors (Lipinski definition) is 5. The van der Waals surface area contributed by atoms with Crippen molar-refractivity contribution in [1.82, 2.24) is 9.47 Å². The van der Waals surface area contributed by atoms with E-state index in [0.29, 0.717) is 17.2 Å². The zero-order valence-corrected chi connectivity index (χ0v) is 14.0. The first-order chi connectivity index (χ1) is 12.5. The number of carboxylic acid groups (broad SMARTS) is 1. The Hall–Kier alpha value is -2.61. The SMILES string of the molecule is O=C(O)Oc1cn(C2CC2)c2cc(N3CCN4CC3C4)c(F)cc2c1=O. The number of rotatable bonds is 3. The van der Waals surface area contributed by atoms with Crippen molar-refractivity contribution in [2.24, 2.45) is 0 Å². The van der Waals surface area contributed by atoms with Gasteiger partial charge in [0.1, 0.15) is 5.82 Å². The topological polar surface area (TPSA) is 75.0 Å². The average molecular weight is 359 g/mol. The molecule has 4 fully saturated rings. The highest BCUT2D eigenvalue weighted by Crippen LogP contribution is 2.39. The molecule has 1 saturated carbocycles. The Labute approximate surface area is 148 Å². The highest BCUT2D eigenvalue weighted by Gasteiger charge is 2.38. The van der Waals surface area contributed by atoms with Gasteiger partial charge < -0.3 is 19.3 Å². The zero-order chi connectivity index (χ0) is 18.0. The Morgan fingerprint density at radius 1 is 1.19 bits per heavy atom. The fourth-order valence-corrected chi connectivity index (χ4v) is 4.05. The molecule has 136 valence electrons. The quantitative estimate of drug-likeness (QED) is 0.846. The summed E-state index contributed by atoms with van der Waals surface area (Å²) < 4.78 is 21.3. The lowest BCUT2D eigenvalue weighted by molar-refractivity contribution is 0.109. The molecule has 0 atom stereocenters. The predicted molar refractivity (Wildman–Crippen MR) is 92.7 cm³/mol. The first-order valence-corrected chi connectivity index (χ1v) is 8.79. The van der Waals surface area contributed by atoms with Crippen molar-refractivity contribution in [3.05, 3.63) is 34.4 Å². The number of halogens is 1. The van der Waals surface area contributed by atoms with Gasteiger partial charge in [-0.05, 0) is 25.0 Å². The third-order valence-electron chi connectivity index (χ3n) is 5.55. The van der Waals surface area contributed by atoms with Gasteiger partial charge >= 0.3 is 6.16 Å². The number of aromatic nitrogens is 1. The third kappa shape index (κ3) is 2.36. The lowest BCUT2D eigenvalue weighted by Crippen LogP contribution is -2.66. The Kier molecular flexibility index (Phi) is 3.27. The van der Waals surface area contributed by atoms with Gasteiger partial charge in [0.25, 0.3) is 0 Å². The second kappa shape index (κ2) is 5.44. The minimum absolute atomic E-state index is 0.157. The maximum Gasteiger partial charge on any atom is 0.511 e. The smallest absolute Gasteiger partial charge is 0.449 e. The van der Waals surface area contributed by atoms with Gasteiger partial charge in [0, 0.05) is 32.2 Å². The number of ether oxygens (including phenoxy) is 1. The van der Waals surface area contributed by atoms with Crippen molar-refractivity contribution in [3.63, 3.8) is 0 Å². The van der Waals surface area contributed by atoms with Crippen LogP contribution in [0.1, 0.15) is 18.9 Å². The summed E-state index contributed by atoms with van der Waals surface area (Å²) in [7, 11) is 0. The monoisotopic (exact) mass is 359 g/mol. The van der Waals surface area contributed by atoms with Gasteiger partial charge in [-0.3, -0.25) is 9.69 Å². The van der Waals surface area contributed by atoms with E-state index in [4.69, 9.17) is 5.11 Å². The molecule has 3 aliphatic heterocycles. The molecular formula is C18H18FN3O4. The van der Waals surface area contributed by atoms with Crippen LogP contribution in [0.3, 0.4) is 0 Å². The molecule has 1 N–H and O–H groups in total. The van der Waals surface area contributed by atoms with E-state index in [0.717, 1.165) is 39.0 Å². The molecule has 0 amide bonds. The first-order valence-electron chi connectivity index (χ1n) is 8.79. The van der Waals surface area contributed by atoms with E-state index >= 15 is 0 Å². The minimum Gasteiger partial charge on any atom is -0.449 e. The minimum atomic E-state index is -1.55. The summed E-state index contributed by atoms with van der Waals surface area (Å²) in [4.78, 5) is 27.9. The van der Waals surface area contributed by atoms with Gasteiger partial charge in [0.15, 0.2) is 5.75 Å². The first kappa shape index (κ1) is 15.6. The molecule has 6 rings (SSSR count). The third-order valence-corrected chi connectivity index (χ3v) is 5.55. The number of hydrogen-bond donors (Lipinski definition) is 1. The van der Waals surface area contributed by atoms with Crippen molar-refractivity contribution >= 4 is 22.7 Å². The summed E-state index contributed by atoms with van der Waals surface area (Å²) in [6.45, 7) is 3.56. The van der Waals surface area contributed by atoms with Gasteiger partial charge in [0.05, 0.1) is 28.8 Å². The standard InChI is InChI=1S/C18H18FN3O4/c19-13-5-12-14(6-15(13)21-4-3-20-7-11(21)8-20)22(10-1-2-10)9-16(17(12)23)26-18(24)25/h5-6,9-11H,1-4,7-8H2,(H,24,25). The van der Waals surface area contributed by atoms with Crippen LogP contribution in [0, 0.1) is 5.82 Å². The van der Waals surface area contributed by atoms with E-state index in [-0.39, 0.29) is 17.2 Å². The Morgan fingerprint density at radius 2 is 1.96 bits per heavy atom. The van der Waals surface area contributed by atoms with E-state index in [1.54, 1.807) is 6.07 Å². The van der Waals surface area contributed by atoms with Gasteiger partial charge in [-0.15, -0.1) is 0 Å². The number of piperazine rings is 2. The van der Waals surface area contributed by atoms with E-state index < -0.39 is 17.4 Å². The number of carbonyl (C=O) groups is 1. The van der Waals surface area contributed by atoms with Crippen LogP contribution < -0.4 is 15.1 Å². The molecule has 2 bridgehead atoms. The zero-order valence-electron chi connectivity index (χ0n) is 14.0. The maximum atomic E-state index is 14.9. The number of anilines is 1. The molecule has 26 heavy (non-hydrogen) atoms. The van der Waals surface area contributed by atoms with Gasteiger partial charge in [-0.1, -0.05) is 0 Å². The fourth-order valence-electron chi connectivity index (χ4n) is 4.05.